The SMILES string of the molecule is CC(C)[C@H](OC(=O)c1ccccc1)C1[C@@H](O)[C@@H](C)C(=O)N1C(=O)OC(C)(C)C. The summed E-state index contributed by atoms with van der Waals surface area (Å²) in [6.45, 7) is 10.2. The van der Waals surface area contributed by atoms with E-state index in [0.29, 0.717) is 5.56 Å². The molecule has 0 radical (unpaired) electrons. The van der Waals surface area contributed by atoms with Crippen molar-refractivity contribution in [2.45, 2.75) is 65.4 Å². The largest absolute Gasteiger partial charge is 0.456 e. The van der Waals surface area contributed by atoms with E-state index < -0.39 is 47.7 Å². The van der Waals surface area contributed by atoms with Crippen LogP contribution in [0.4, 0.5) is 4.79 Å². The average molecular weight is 391 g/mol. The van der Waals surface area contributed by atoms with E-state index in [1.165, 1.54) is 0 Å². The molecule has 2 amide bonds. The smallest absolute Gasteiger partial charge is 0.417 e. The molecule has 0 aliphatic carbocycles. The van der Waals surface area contributed by atoms with Crippen LogP contribution in [0.2, 0.25) is 0 Å². The monoisotopic (exact) mass is 391 g/mol. The fourth-order valence-electron chi connectivity index (χ4n) is 3.19. The highest BCUT2D eigenvalue weighted by Crippen LogP contribution is 2.33. The summed E-state index contributed by atoms with van der Waals surface area (Å²) >= 11 is 0. The van der Waals surface area contributed by atoms with Crippen LogP contribution in [0.5, 0.6) is 0 Å². The lowest BCUT2D eigenvalue weighted by atomic mass is 9.92. The molecule has 1 heterocycles. The van der Waals surface area contributed by atoms with E-state index in [1.54, 1.807) is 71.9 Å². The van der Waals surface area contributed by atoms with Gasteiger partial charge in [-0.2, -0.15) is 0 Å². The quantitative estimate of drug-likeness (QED) is 0.793. The van der Waals surface area contributed by atoms with Gasteiger partial charge in [-0.05, 0) is 38.8 Å². The van der Waals surface area contributed by atoms with Gasteiger partial charge >= 0.3 is 12.1 Å². The molecule has 4 atom stereocenters. The number of aliphatic hydroxyl groups is 1. The van der Waals surface area contributed by atoms with Gasteiger partial charge in [0.1, 0.15) is 17.7 Å². The van der Waals surface area contributed by atoms with Crippen molar-refractivity contribution in [2.24, 2.45) is 11.8 Å². The Hall–Kier alpha value is -2.41. The van der Waals surface area contributed by atoms with E-state index >= 15 is 0 Å². The zero-order valence-corrected chi connectivity index (χ0v) is 17.2. The van der Waals surface area contributed by atoms with Crippen molar-refractivity contribution in [3.05, 3.63) is 35.9 Å². The number of hydrogen-bond donors (Lipinski definition) is 1. The van der Waals surface area contributed by atoms with Crippen LogP contribution in [-0.2, 0) is 14.3 Å². The van der Waals surface area contributed by atoms with Gasteiger partial charge in [0.2, 0.25) is 5.91 Å². The molecular weight excluding hydrogens is 362 g/mol. The maximum atomic E-state index is 12.7. The summed E-state index contributed by atoms with van der Waals surface area (Å²) in [6.07, 6.45) is -2.91. The van der Waals surface area contributed by atoms with Crippen molar-refractivity contribution in [3.63, 3.8) is 0 Å². The van der Waals surface area contributed by atoms with Gasteiger partial charge in [-0.1, -0.05) is 39.0 Å². The number of hydrogen-bond acceptors (Lipinski definition) is 6. The van der Waals surface area contributed by atoms with Crippen LogP contribution in [0.15, 0.2) is 30.3 Å². The molecule has 7 heteroatoms. The summed E-state index contributed by atoms with van der Waals surface area (Å²) < 4.78 is 11.0. The van der Waals surface area contributed by atoms with Crippen LogP contribution in [0, 0.1) is 11.8 Å². The molecule has 1 aromatic rings. The van der Waals surface area contributed by atoms with Gasteiger partial charge in [-0.3, -0.25) is 4.79 Å². The summed E-state index contributed by atoms with van der Waals surface area (Å²) in [5.41, 5.74) is -0.462. The van der Waals surface area contributed by atoms with Crippen LogP contribution >= 0.6 is 0 Å². The summed E-state index contributed by atoms with van der Waals surface area (Å²) in [5.74, 6) is -2.19. The molecule has 0 spiro atoms. The Morgan fingerprint density at radius 2 is 1.71 bits per heavy atom. The first kappa shape index (κ1) is 21.9. The average Bonchev–Trinajstić information content (AvgIpc) is 2.82. The molecule has 1 fully saturated rings. The Labute approximate surface area is 165 Å². The second-order valence-corrected chi connectivity index (χ2v) is 8.44. The third-order valence-corrected chi connectivity index (χ3v) is 4.62. The Bertz CT molecular complexity index is 724. The summed E-state index contributed by atoms with van der Waals surface area (Å²) in [7, 11) is 0. The van der Waals surface area contributed by atoms with E-state index in [0.717, 1.165) is 4.90 Å². The number of benzene rings is 1. The number of rotatable bonds is 4. The van der Waals surface area contributed by atoms with Gasteiger partial charge in [-0.15, -0.1) is 0 Å². The third-order valence-electron chi connectivity index (χ3n) is 4.62. The molecule has 2 rings (SSSR count). The first-order valence-corrected chi connectivity index (χ1v) is 9.44. The zero-order chi connectivity index (χ0) is 21.2. The van der Waals surface area contributed by atoms with Crippen molar-refractivity contribution >= 4 is 18.0 Å². The lowest BCUT2D eigenvalue weighted by Crippen LogP contribution is -2.53. The normalized spacial score (nSPS) is 23.6. The predicted octanol–water partition coefficient (Wildman–Crippen LogP) is 3.01. The van der Waals surface area contributed by atoms with Crippen molar-refractivity contribution in [1.29, 1.82) is 0 Å². The van der Waals surface area contributed by atoms with Gasteiger partial charge < -0.3 is 14.6 Å². The minimum absolute atomic E-state index is 0.254. The Morgan fingerprint density at radius 1 is 1.14 bits per heavy atom. The summed E-state index contributed by atoms with van der Waals surface area (Å²) in [4.78, 5) is 38.8. The molecule has 0 aromatic heterocycles. The molecule has 1 aliphatic rings. The number of esters is 1. The van der Waals surface area contributed by atoms with Crippen LogP contribution in [0.3, 0.4) is 0 Å². The lowest BCUT2D eigenvalue weighted by molar-refractivity contribution is -0.132. The number of carbonyl (C=O) groups excluding carboxylic acids is 3. The van der Waals surface area contributed by atoms with E-state index in [2.05, 4.69) is 0 Å². The van der Waals surface area contributed by atoms with Crippen LogP contribution in [0.1, 0.15) is 51.9 Å². The number of carbonyl (C=O) groups is 3. The van der Waals surface area contributed by atoms with Crippen molar-refractivity contribution < 1.29 is 29.0 Å². The Balaban J connectivity index is 2.34. The van der Waals surface area contributed by atoms with Crippen molar-refractivity contribution in [3.8, 4) is 0 Å². The van der Waals surface area contributed by atoms with Crippen LogP contribution < -0.4 is 0 Å². The molecule has 0 bridgehead atoms. The number of likely N-dealkylation sites (tertiary alicyclic amines) is 1. The maximum absolute atomic E-state index is 12.7. The number of aliphatic hydroxyl groups excluding tert-OH is 1. The predicted molar refractivity (Wildman–Crippen MR) is 103 cm³/mol. The van der Waals surface area contributed by atoms with E-state index in [9.17, 15) is 19.5 Å². The molecule has 1 saturated heterocycles. The van der Waals surface area contributed by atoms with Crippen molar-refractivity contribution in [2.75, 3.05) is 0 Å². The molecular formula is C21H29NO6. The fraction of sp³-hybridized carbons (Fsp3) is 0.571. The Kier molecular flexibility index (Phi) is 6.49. The maximum Gasteiger partial charge on any atom is 0.417 e. The molecule has 28 heavy (non-hydrogen) atoms. The van der Waals surface area contributed by atoms with E-state index in [4.69, 9.17) is 9.47 Å². The second kappa shape index (κ2) is 8.31. The van der Waals surface area contributed by atoms with E-state index in [1.807, 2.05) is 0 Å². The molecule has 7 nitrogen and oxygen atoms in total. The van der Waals surface area contributed by atoms with Gasteiger partial charge in [0.05, 0.1) is 17.6 Å². The molecule has 154 valence electrons. The minimum Gasteiger partial charge on any atom is -0.456 e. The molecule has 1 unspecified atom stereocenters. The van der Waals surface area contributed by atoms with Crippen molar-refractivity contribution in [1.82, 2.24) is 4.90 Å². The minimum atomic E-state index is -1.17. The molecule has 1 N–H and O–H groups in total. The van der Waals surface area contributed by atoms with Gasteiger partial charge in [0.15, 0.2) is 0 Å². The fourth-order valence-corrected chi connectivity index (χ4v) is 3.19. The third kappa shape index (κ3) is 4.70. The highest BCUT2D eigenvalue weighted by molar-refractivity contribution is 5.96. The van der Waals surface area contributed by atoms with Crippen LogP contribution in [-0.4, -0.2) is 51.8 Å². The first-order valence-electron chi connectivity index (χ1n) is 9.44. The number of imide groups is 1. The first-order chi connectivity index (χ1) is 12.9. The number of nitrogens with zero attached hydrogens (tertiary/aromatic N) is 1. The van der Waals surface area contributed by atoms with Gasteiger partial charge in [0.25, 0.3) is 0 Å². The number of amides is 2. The van der Waals surface area contributed by atoms with Crippen LogP contribution in [0.25, 0.3) is 0 Å². The second-order valence-electron chi connectivity index (χ2n) is 8.44. The molecule has 0 saturated carbocycles. The molecule has 1 aliphatic heterocycles. The van der Waals surface area contributed by atoms with Gasteiger partial charge in [-0.25, -0.2) is 14.5 Å². The topological polar surface area (TPSA) is 93.1 Å². The standard InChI is InChI=1S/C21H29NO6/c1-12(2)17(27-19(25)14-10-8-7-9-11-14)15-16(23)13(3)18(24)22(15)20(26)28-21(4,5)6/h7-13,15-17,23H,1-6H3/t13-,15?,16+,17+/m1/s1. The highest BCUT2D eigenvalue weighted by atomic mass is 16.6. The summed E-state index contributed by atoms with van der Waals surface area (Å²) in [6, 6.07) is 7.41. The summed E-state index contributed by atoms with van der Waals surface area (Å²) in [5, 5.41) is 10.7. The zero-order valence-electron chi connectivity index (χ0n) is 17.2. The Morgan fingerprint density at radius 3 is 2.21 bits per heavy atom. The lowest BCUT2D eigenvalue weighted by Gasteiger charge is -2.34. The van der Waals surface area contributed by atoms with E-state index in [-0.39, 0.29) is 5.92 Å². The highest BCUT2D eigenvalue weighted by Gasteiger charge is 2.54. The van der Waals surface area contributed by atoms with Gasteiger partial charge in [0, 0.05) is 0 Å². The molecule has 1 aromatic carbocycles. The number of ether oxygens (including phenoxy) is 2.